The van der Waals surface area contributed by atoms with Gasteiger partial charge in [0.25, 0.3) is 0 Å². The maximum Gasteiger partial charge on any atom is 0.313 e. The first-order valence-electron chi connectivity index (χ1n) is 5.05. The summed E-state index contributed by atoms with van der Waals surface area (Å²) in [7, 11) is 2.80. The third kappa shape index (κ3) is 2.51. The molecule has 1 aromatic carbocycles. The van der Waals surface area contributed by atoms with Gasteiger partial charge in [0, 0.05) is 5.56 Å². The summed E-state index contributed by atoms with van der Waals surface area (Å²) >= 11 is 0. The van der Waals surface area contributed by atoms with Crippen LogP contribution in [0.4, 0.5) is 4.39 Å². The molecule has 1 rings (SSSR count). The van der Waals surface area contributed by atoms with Crippen molar-refractivity contribution in [1.29, 1.82) is 0 Å². The van der Waals surface area contributed by atoms with Crippen LogP contribution in [0.25, 0.3) is 0 Å². The number of hydrogen-bond acceptors (Lipinski definition) is 3. The topological polar surface area (TPSA) is 35.5 Å². The van der Waals surface area contributed by atoms with Crippen molar-refractivity contribution in [3.63, 3.8) is 0 Å². The molecule has 88 valence electrons. The molecule has 0 aromatic heterocycles. The van der Waals surface area contributed by atoms with Crippen LogP contribution < -0.4 is 4.74 Å². The van der Waals surface area contributed by atoms with Gasteiger partial charge in [0.2, 0.25) is 0 Å². The molecule has 0 amide bonds. The quantitative estimate of drug-likeness (QED) is 0.740. The van der Waals surface area contributed by atoms with Crippen molar-refractivity contribution in [1.82, 2.24) is 0 Å². The third-order valence-electron chi connectivity index (χ3n) is 2.46. The van der Waals surface area contributed by atoms with E-state index in [-0.39, 0.29) is 5.97 Å². The van der Waals surface area contributed by atoms with Crippen LogP contribution in [0.3, 0.4) is 0 Å². The zero-order valence-corrected chi connectivity index (χ0v) is 9.62. The molecule has 1 unspecified atom stereocenters. The summed E-state index contributed by atoms with van der Waals surface area (Å²) < 4.78 is 22.9. The lowest BCUT2D eigenvalue weighted by Crippen LogP contribution is -2.14. The fourth-order valence-electron chi connectivity index (χ4n) is 1.63. The van der Waals surface area contributed by atoms with E-state index >= 15 is 0 Å². The highest BCUT2D eigenvalue weighted by Gasteiger charge is 2.23. The number of halogens is 1. The molecule has 0 aliphatic carbocycles. The predicted molar refractivity (Wildman–Crippen MR) is 58.0 cm³/mol. The highest BCUT2D eigenvalue weighted by atomic mass is 19.1. The van der Waals surface area contributed by atoms with Crippen LogP contribution in [-0.4, -0.2) is 20.2 Å². The number of ether oxygens (including phenoxy) is 2. The minimum atomic E-state index is -0.490. The van der Waals surface area contributed by atoms with Gasteiger partial charge in [0.05, 0.1) is 20.1 Å². The van der Waals surface area contributed by atoms with Gasteiger partial charge in [-0.3, -0.25) is 4.79 Å². The van der Waals surface area contributed by atoms with Gasteiger partial charge in [0.15, 0.2) is 0 Å². The van der Waals surface area contributed by atoms with Gasteiger partial charge in [-0.05, 0) is 24.6 Å². The Kier molecular flexibility index (Phi) is 4.28. The number of carbonyl (C=O) groups is 1. The molecule has 0 saturated carbocycles. The molecular weight excluding hydrogens is 211 g/mol. The summed E-state index contributed by atoms with van der Waals surface area (Å²) in [6.07, 6.45) is 0.534. The van der Waals surface area contributed by atoms with Gasteiger partial charge < -0.3 is 9.47 Å². The Morgan fingerprint density at radius 2 is 2.12 bits per heavy atom. The fourth-order valence-corrected chi connectivity index (χ4v) is 1.63. The average Bonchev–Trinajstić information content (AvgIpc) is 2.30. The normalized spacial score (nSPS) is 12.0. The molecule has 1 atom stereocenters. The predicted octanol–water partition coefficient (Wildman–Crippen LogP) is 2.50. The van der Waals surface area contributed by atoms with Crippen molar-refractivity contribution in [2.75, 3.05) is 14.2 Å². The van der Waals surface area contributed by atoms with Crippen molar-refractivity contribution >= 4 is 5.97 Å². The average molecular weight is 226 g/mol. The lowest BCUT2D eigenvalue weighted by atomic mass is 9.95. The SMILES string of the molecule is CCC(C(=O)OC)c1cc(F)ccc1OC. The van der Waals surface area contributed by atoms with Crippen LogP contribution in [0.5, 0.6) is 5.75 Å². The van der Waals surface area contributed by atoms with Crippen molar-refractivity contribution in [3.8, 4) is 5.75 Å². The molecule has 0 aliphatic rings. The van der Waals surface area contributed by atoms with E-state index in [0.29, 0.717) is 17.7 Å². The first kappa shape index (κ1) is 12.5. The van der Waals surface area contributed by atoms with Gasteiger partial charge in [-0.25, -0.2) is 4.39 Å². The zero-order valence-electron chi connectivity index (χ0n) is 9.62. The first-order valence-corrected chi connectivity index (χ1v) is 5.05. The standard InChI is InChI=1S/C12H15FO3/c1-4-9(12(14)16-3)10-7-8(13)5-6-11(10)15-2/h5-7,9H,4H2,1-3H3. The third-order valence-corrected chi connectivity index (χ3v) is 2.46. The minimum Gasteiger partial charge on any atom is -0.496 e. The molecule has 0 N–H and O–H groups in total. The molecule has 0 bridgehead atoms. The second kappa shape index (κ2) is 5.49. The van der Waals surface area contributed by atoms with Crippen LogP contribution in [0.1, 0.15) is 24.8 Å². The highest BCUT2D eigenvalue weighted by molar-refractivity contribution is 5.79. The molecule has 16 heavy (non-hydrogen) atoms. The summed E-state index contributed by atoms with van der Waals surface area (Å²) in [6, 6.07) is 4.12. The Hall–Kier alpha value is -1.58. The Morgan fingerprint density at radius 3 is 2.62 bits per heavy atom. The number of benzene rings is 1. The maximum absolute atomic E-state index is 13.1. The number of esters is 1. The summed E-state index contributed by atoms with van der Waals surface area (Å²) in [5, 5.41) is 0. The molecule has 0 fully saturated rings. The first-order chi connectivity index (χ1) is 7.63. The minimum absolute atomic E-state index is 0.383. The van der Waals surface area contributed by atoms with Gasteiger partial charge >= 0.3 is 5.97 Å². The summed E-state index contributed by atoms with van der Waals surface area (Å²) in [4.78, 5) is 11.5. The van der Waals surface area contributed by atoms with E-state index in [1.807, 2.05) is 6.92 Å². The van der Waals surface area contributed by atoms with E-state index in [1.54, 1.807) is 0 Å². The molecule has 3 nitrogen and oxygen atoms in total. The summed E-state index contributed by atoms with van der Waals surface area (Å²) in [5.74, 6) is -0.765. The number of methoxy groups -OCH3 is 2. The molecule has 4 heteroatoms. The Morgan fingerprint density at radius 1 is 1.44 bits per heavy atom. The van der Waals surface area contributed by atoms with Crippen LogP contribution in [0, 0.1) is 5.82 Å². The van der Waals surface area contributed by atoms with Gasteiger partial charge in [0.1, 0.15) is 11.6 Å². The zero-order chi connectivity index (χ0) is 12.1. The van der Waals surface area contributed by atoms with E-state index in [1.165, 1.54) is 32.4 Å². The van der Waals surface area contributed by atoms with Crippen molar-refractivity contribution in [2.24, 2.45) is 0 Å². The second-order valence-corrected chi connectivity index (χ2v) is 3.37. The van der Waals surface area contributed by atoms with Crippen molar-refractivity contribution < 1.29 is 18.7 Å². The molecule has 1 aromatic rings. The van der Waals surface area contributed by atoms with E-state index in [4.69, 9.17) is 4.74 Å². The largest absolute Gasteiger partial charge is 0.496 e. The lowest BCUT2D eigenvalue weighted by Gasteiger charge is -2.16. The molecule has 0 saturated heterocycles. The smallest absolute Gasteiger partial charge is 0.313 e. The Bertz CT molecular complexity index is 377. The molecule has 0 radical (unpaired) electrons. The van der Waals surface area contributed by atoms with E-state index in [9.17, 15) is 9.18 Å². The highest BCUT2D eigenvalue weighted by Crippen LogP contribution is 2.30. The summed E-state index contributed by atoms with van der Waals surface area (Å²) in [5.41, 5.74) is 0.525. The van der Waals surface area contributed by atoms with Crippen LogP contribution in [-0.2, 0) is 9.53 Å². The van der Waals surface area contributed by atoms with Crippen LogP contribution in [0.2, 0.25) is 0 Å². The summed E-state index contributed by atoms with van der Waals surface area (Å²) in [6.45, 7) is 1.84. The molecule has 0 heterocycles. The van der Waals surface area contributed by atoms with Crippen molar-refractivity contribution in [3.05, 3.63) is 29.6 Å². The number of carbonyl (C=O) groups excluding carboxylic acids is 1. The number of hydrogen-bond donors (Lipinski definition) is 0. The van der Waals surface area contributed by atoms with Crippen LogP contribution in [0.15, 0.2) is 18.2 Å². The van der Waals surface area contributed by atoms with E-state index < -0.39 is 11.7 Å². The van der Waals surface area contributed by atoms with E-state index in [0.717, 1.165) is 0 Å². The van der Waals surface area contributed by atoms with Gasteiger partial charge in [-0.2, -0.15) is 0 Å². The Labute approximate surface area is 94.2 Å². The lowest BCUT2D eigenvalue weighted by molar-refractivity contribution is -0.142. The monoisotopic (exact) mass is 226 g/mol. The Balaban J connectivity index is 3.17. The number of rotatable bonds is 4. The van der Waals surface area contributed by atoms with Gasteiger partial charge in [-0.15, -0.1) is 0 Å². The van der Waals surface area contributed by atoms with Crippen molar-refractivity contribution in [2.45, 2.75) is 19.3 Å². The van der Waals surface area contributed by atoms with Crippen LogP contribution >= 0.6 is 0 Å². The second-order valence-electron chi connectivity index (χ2n) is 3.37. The van der Waals surface area contributed by atoms with E-state index in [2.05, 4.69) is 4.74 Å². The maximum atomic E-state index is 13.1. The van der Waals surface area contributed by atoms with Gasteiger partial charge in [-0.1, -0.05) is 6.92 Å². The molecule has 0 aliphatic heterocycles. The fraction of sp³-hybridized carbons (Fsp3) is 0.417. The molecule has 0 spiro atoms. The molecular formula is C12H15FO3.